The summed E-state index contributed by atoms with van der Waals surface area (Å²) in [6.07, 6.45) is 2.09. The first-order valence-electron chi connectivity index (χ1n) is 5.50. The SMILES string of the molecule is Cc1ncc(N2CCC(N)(C(=O)O)C2)nc1C. The second-order valence-electron chi connectivity index (χ2n) is 4.53. The van der Waals surface area contributed by atoms with E-state index in [1.54, 1.807) is 6.20 Å². The van der Waals surface area contributed by atoms with Crippen molar-refractivity contribution in [2.75, 3.05) is 18.0 Å². The maximum absolute atomic E-state index is 11.0. The van der Waals surface area contributed by atoms with E-state index in [0.717, 1.165) is 11.4 Å². The van der Waals surface area contributed by atoms with E-state index in [4.69, 9.17) is 10.8 Å². The van der Waals surface area contributed by atoms with E-state index in [-0.39, 0.29) is 6.54 Å². The van der Waals surface area contributed by atoms with Crippen molar-refractivity contribution < 1.29 is 9.90 Å². The Morgan fingerprint density at radius 2 is 2.24 bits per heavy atom. The molecular formula is C11H16N4O2. The van der Waals surface area contributed by atoms with Crippen LogP contribution in [0.4, 0.5) is 5.82 Å². The molecule has 0 amide bonds. The third kappa shape index (κ3) is 2.08. The summed E-state index contributed by atoms with van der Waals surface area (Å²) in [5.41, 5.74) is 6.38. The average Bonchev–Trinajstić information content (AvgIpc) is 2.67. The minimum Gasteiger partial charge on any atom is -0.480 e. The van der Waals surface area contributed by atoms with E-state index >= 15 is 0 Å². The number of aromatic nitrogens is 2. The lowest BCUT2D eigenvalue weighted by molar-refractivity contribution is -0.142. The molecule has 1 aliphatic rings. The second-order valence-corrected chi connectivity index (χ2v) is 4.53. The number of anilines is 1. The Morgan fingerprint density at radius 1 is 1.53 bits per heavy atom. The summed E-state index contributed by atoms with van der Waals surface area (Å²) in [6.45, 7) is 4.65. The molecule has 0 radical (unpaired) electrons. The molecule has 0 aliphatic carbocycles. The quantitative estimate of drug-likeness (QED) is 0.755. The first kappa shape index (κ1) is 11.8. The van der Waals surface area contributed by atoms with Crippen molar-refractivity contribution in [2.45, 2.75) is 25.8 Å². The molecule has 92 valence electrons. The van der Waals surface area contributed by atoms with Gasteiger partial charge in [0.2, 0.25) is 0 Å². The Hall–Kier alpha value is -1.69. The first-order chi connectivity index (χ1) is 7.92. The Bertz CT molecular complexity index is 463. The fourth-order valence-corrected chi connectivity index (χ4v) is 1.89. The molecule has 0 spiro atoms. The lowest BCUT2D eigenvalue weighted by Gasteiger charge is -2.20. The molecule has 1 aliphatic heterocycles. The lowest BCUT2D eigenvalue weighted by Crippen LogP contribution is -2.50. The highest BCUT2D eigenvalue weighted by Crippen LogP contribution is 2.24. The van der Waals surface area contributed by atoms with Crippen LogP contribution in [0.1, 0.15) is 17.8 Å². The van der Waals surface area contributed by atoms with E-state index in [0.29, 0.717) is 18.8 Å². The predicted molar refractivity (Wildman–Crippen MR) is 62.9 cm³/mol. The molecule has 1 aromatic rings. The second kappa shape index (κ2) is 3.96. The summed E-state index contributed by atoms with van der Waals surface area (Å²) >= 11 is 0. The number of carboxylic acid groups (broad SMARTS) is 1. The van der Waals surface area contributed by atoms with Crippen LogP contribution in [-0.4, -0.2) is 39.7 Å². The third-order valence-electron chi connectivity index (χ3n) is 3.23. The van der Waals surface area contributed by atoms with Crippen LogP contribution in [0.2, 0.25) is 0 Å². The Labute approximate surface area is 99.5 Å². The number of hydrogen-bond donors (Lipinski definition) is 2. The fraction of sp³-hybridized carbons (Fsp3) is 0.545. The standard InChI is InChI=1S/C11H16N4O2/c1-7-8(2)14-9(5-13-7)15-4-3-11(12,6-15)10(16)17/h5H,3-4,6,12H2,1-2H3,(H,16,17). The smallest absolute Gasteiger partial charge is 0.325 e. The number of nitrogens with two attached hydrogens (primary N) is 1. The van der Waals surface area contributed by atoms with Gasteiger partial charge in [0.25, 0.3) is 0 Å². The van der Waals surface area contributed by atoms with Crippen molar-refractivity contribution in [3.63, 3.8) is 0 Å². The monoisotopic (exact) mass is 236 g/mol. The number of hydrogen-bond acceptors (Lipinski definition) is 5. The topological polar surface area (TPSA) is 92.3 Å². The van der Waals surface area contributed by atoms with Crippen LogP contribution in [0.5, 0.6) is 0 Å². The highest BCUT2D eigenvalue weighted by molar-refractivity contribution is 5.80. The van der Waals surface area contributed by atoms with Crippen molar-refractivity contribution in [1.29, 1.82) is 0 Å². The molecule has 1 aromatic heterocycles. The van der Waals surface area contributed by atoms with Crippen LogP contribution in [0.3, 0.4) is 0 Å². The van der Waals surface area contributed by atoms with Crippen LogP contribution in [0.15, 0.2) is 6.20 Å². The minimum atomic E-state index is -1.17. The molecule has 1 fully saturated rings. The lowest BCUT2D eigenvalue weighted by atomic mass is 10.0. The molecule has 6 nitrogen and oxygen atoms in total. The van der Waals surface area contributed by atoms with Crippen molar-refractivity contribution in [3.8, 4) is 0 Å². The summed E-state index contributed by atoms with van der Waals surface area (Å²) in [5.74, 6) is -0.265. The Balaban J connectivity index is 2.21. The first-order valence-corrected chi connectivity index (χ1v) is 5.50. The zero-order chi connectivity index (χ0) is 12.6. The fourth-order valence-electron chi connectivity index (χ4n) is 1.89. The van der Waals surface area contributed by atoms with Gasteiger partial charge in [-0.25, -0.2) is 4.98 Å². The van der Waals surface area contributed by atoms with Gasteiger partial charge in [-0.1, -0.05) is 0 Å². The van der Waals surface area contributed by atoms with Gasteiger partial charge in [-0.15, -0.1) is 0 Å². The molecule has 1 saturated heterocycles. The summed E-state index contributed by atoms with van der Waals surface area (Å²) in [7, 11) is 0. The van der Waals surface area contributed by atoms with Crippen LogP contribution >= 0.6 is 0 Å². The van der Waals surface area contributed by atoms with Crippen molar-refractivity contribution >= 4 is 11.8 Å². The van der Waals surface area contributed by atoms with Crippen LogP contribution in [0.25, 0.3) is 0 Å². The molecule has 0 saturated carbocycles. The molecule has 2 heterocycles. The van der Waals surface area contributed by atoms with Gasteiger partial charge in [0.05, 0.1) is 17.6 Å². The largest absolute Gasteiger partial charge is 0.480 e. The van der Waals surface area contributed by atoms with E-state index in [1.165, 1.54) is 0 Å². The number of carbonyl (C=O) groups is 1. The van der Waals surface area contributed by atoms with Crippen LogP contribution in [0, 0.1) is 13.8 Å². The van der Waals surface area contributed by atoms with Gasteiger partial charge in [-0.05, 0) is 20.3 Å². The van der Waals surface area contributed by atoms with Crippen molar-refractivity contribution in [1.82, 2.24) is 9.97 Å². The van der Waals surface area contributed by atoms with E-state index in [9.17, 15) is 4.79 Å². The molecule has 2 rings (SSSR count). The molecule has 0 bridgehead atoms. The number of aliphatic carboxylic acids is 1. The molecule has 3 N–H and O–H groups in total. The van der Waals surface area contributed by atoms with Crippen LogP contribution in [-0.2, 0) is 4.79 Å². The summed E-state index contributed by atoms with van der Waals surface area (Å²) in [4.78, 5) is 21.5. The summed E-state index contributed by atoms with van der Waals surface area (Å²) in [5, 5.41) is 9.05. The van der Waals surface area contributed by atoms with E-state index in [2.05, 4.69) is 9.97 Å². The average molecular weight is 236 g/mol. The summed E-state index contributed by atoms with van der Waals surface area (Å²) < 4.78 is 0. The van der Waals surface area contributed by atoms with Gasteiger partial charge in [0.1, 0.15) is 11.4 Å². The normalized spacial score (nSPS) is 24.1. The molecule has 1 unspecified atom stereocenters. The molecule has 0 aromatic carbocycles. The molecular weight excluding hydrogens is 220 g/mol. The van der Waals surface area contributed by atoms with Gasteiger partial charge in [0, 0.05) is 13.1 Å². The predicted octanol–water partition coefficient (Wildman–Crippen LogP) is 0.0856. The number of carboxylic acids is 1. The Kier molecular flexibility index (Phi) is 2.74. The molecule has 1 atom stereocenters. The van der Waals surface area contributed by atoms with Gasteiger partial charge in [0.15, 0.2) is 0 Å². The van der Waals surface area contributed by atoms with Crippen molar-refractivity contribution in [2.24, 2.45) is 5.73 Å². The third-order valence-corrected chi connectivity index (χ3v) is 3.23. The van der Waals surface area contributed by atoms with Crippen molar-refractivity contribution in [3.05, 3.63) is 17.6 Å². The zero-order valence-electron chi connectivity index (χ0n) is 9.97. The number of nitrogens with zero attached hydrogens (tertiary/aromatic N) is 3. The maximum atomic E-state index is 11.0. The van der Waals surface area contributed by atoms with Gasteiger partial charge >= 0.3 is 5.97 Å². The van der Waals surface area contributed by atoms with Gasteiger partial charge in [-0.3, -0.25) is 9.78 Å². The molecule has 17 heavy (non-hydrogen) atoms. The minimum absolute atomic E-state index is 0.277. The Morgan fingerprint density at radius 3 is 2.76 bits per heavy atom. The van der Waals surface area contributed by atoms with Crippen LogP contribution < -0.4 is 10.6 Å². The maximum Gasteiger partial charge on any atom is 0.325 e. The highest BCUT2D eigenvalue weighted by atomic mass is 16.4. The number of rotatable bonds is 2. The van der Waals surface area contributed by atoms with Gasteiger partial charge < -0.3 is 15.7 Å². The highest BCUT2D eigenvalue weighted by Gasteiger charge is 2.41. The number of aryl methyl sites for hydroxylation is 2. The molecule has 6 heteroatoms. The van der Waals surface area contributed by atoms with E-state index in [1.807, 2.05) is 18.7 Å². The van der Waals surface area contributed by atoms with Gasteiger partial charge in [-0.2, -0.15) is 0 Å². The van der Waals surface area contributed by atoms with E-state index < -0.39 is 11.5 Å². The zero-order valence-corrected chi connectivity index (χ0v) is 9.97. The summed E-state index contributed by atoms with van der Waals surface area (Å²) in [6, 6.07) is 0.